The maximum Gasteiger partial charge on any atom is 0.0477 e. The Morgan fingerprint density at radius 3 is 2.87 bits per heavy atom. The van der Waals surface area contributed by atoms with E-state index in [-0.39, 0.29) is 0 Å². The Balaban J connectivity index is 2.16. The minimum absolute atomic E-state index is 0.799. The molecule has 0 spiro atoms. The normalized spacial score (nSPS) is 11.1. The Morgan fingerprint density at radius 1 is 1.20 bits per heavy atom. The fraction of sp³-hybridized carbons (Fsp3) is 0.385. The van der Waals surface area contributed by atoms with E-state index in [0.717, 1.165) is 19.4 Å². The third-order valence-electron chi connectivity index (χ3n) is 2.87. The van der Waals surface area contributed by atoms with Crippen molar-refractivity contribution in [3.05, 3.63) is 36.0 Å². The number of rotatable bonds is 4. The first-order chi connectivity index (χ1) is 7.31. The van der Waals surface area contributed by atoms with Gasteiger partial charge < -0.3 is 10.3 Å². The number of aryl methyl sites for hydroxylation is 2. The first kappa shape index (κ1) is 10.2. The molecule has 2 rings (SSSR count). The SMILES string of the molecule is Cn1ccc2cc(CCCCN)ccc21. The average Bonchev–Trinajstić information content (AvgIpc) is 2.61. The van der Waals surface area contributed by atoms with Crippen LogP contribution >= 0.6 is 0 Å². The van der Waals surface area contributed by atoms with E-state index < -0.39 is 0 Å². The van der Waals surface area contributed by atoms with Crippen LogP contribution in [-0.4, -0.2) is 11.1 Å². The summed E-state index contributed by atoms with van der Waals surface area (Å²) in [5.41, 5.74) is 8.21. The molecule has 0 radical (unpaired) electrons. The second-order valence-corrected chi connectivity index (χ2v) is 4.07. The fourth-order valence-electron chi connectivity index (χ4n) is 1.96. The summed E-state index contributed by atoms with van der Waals surface area (Å²) in [5.74, 6) is 0. The highest BCUT2D eigenvalue weighted by molar-refractivity contribution is 5.80. The average molecular weight is 202 g/mol. The number of fused-ring (bicyclic) bond motifs is 1. The lowest BCUT2D eigenvalue weighted by Gasteiger charge is -2.02. The van der Waals surface area contributed by atoms with Gasteiger partial charge in [0, 0.05) is 18.8 Å². The van der Waals surface area contributed by atoms with Crippen LogP contribution in [0, 0.1) is 0 Å². The van der Waals surface area contributed by atoms with Crippen molar-refractivity contribution in [3.63, 3.8) is 0 Å². The number of hydrogen-bond acceptors (Lipinski definition) is 1. The van der Waals surface area contributed by atoms with E-state index in [1.54, 1.807) is 0 Å². The number of unbranched alkanes of at least 4 members (excludes halogenated alkanes) is 1. The van der Waals surface area contributed by atoms with Crippen LogP contribution in [0.5, 0.6) is 0 Å². The van der Waals surface area contributed by atoms with Crippen LogP contribution < -0.4 is 5.73 Å². The van der Waals surface area contributed by atoms with Crippen molar-refractivity contribution in [1.29, 1.82) is 0 Å². The summed E-state index contributed by atoms with van der Waals surface area (Å²) in [6.45, 7) is 0.799. The molecule has 0 fully saturated rings. The molecule has 1 aromatic carbocycles. The zero-order valence-electron chi connectivity index (χ0n) is 9.24. The molecular weight excluding hydrogens is 184 g/mol. The second-order valence-electron chi connectivity index (χ2n) is 4.07. The van der Waals surface area contributed by atoms with Gasteiger partial charge in [0.1, 0.15) is 0 Å². The number of hydrogen-bond donors (Lipinski definition) is 1. The van der Waals surface area contributed by atoms with Crippen molar-refractivity contribution in [2.45, 2.75) is 19.3 Å². The predicted octanol–water partition coefficient (Wildman–Crippen LogP) is 2.46. The number of benzene rings is 1. The molecule has 1 aromatic heterocycles. The summed E-state index contributed by atoms with van der Waals surface area (Å²) in [4.78, 5) is 0. The fourth-order valence-corrected chi connectivity index (χ4v) is 1.96. The van der Waals surface area contributed by atoms with E-state index in [2.05, 4.69) is 42.1 Å². The van der Waals surface area contributed by atoms with E-state index in [4.69, 9.17) is 5.73 Å². The molecule has 0 saturated carbocycles. The molecule has 2 heteroatoms. The Morgan fingerprint density at radius 2 is 2.07 bits per heavy atom. The third kappa shape index (κ3) is 2.21. The van der Waals surface area contributed by atoms with Gasteiger partial charge in [-0.3, -0.25) is 0 Å². The molecule has 0 saturated heterocycles. The van der Waals surface area contributed by atoms with Crippen LogP contribution in [0.2, 0.25) is 0 Å². The van der Waals surface area contributed by atoms with Crippen LogP contribution in [0.4, 0.5) is 0 Å². The number of nitrogens with zero attached hydrogens (tertiary/aromatic N) is 1. The largest absolute Gasteiger partial charge is 0.351 e. The molecular formula is C13H18N2. The third-order valence-corrected chi connectivity index (χ3v) is 2.87. The number of aromatic nitrogens is 1. The van der Waals surface area contributed by atoms with Gasteiger partial charge in [-0.15, -0.1) is 0 Å². The highest BCUT2D eigenvalue weighted by Crippen LogP contribution is 2.17. The van der Waals surface area contributed by atoms with E-state index in [9.17, 15) is 0 Å². The monoisotopic (exact) mass is 202 g/mol. The summed E-state index contributed by atoms with van der Waals surface area (Å²) in [5, 5.41) is 1.34. The van der Waals surface area contributed by atoms with Crippen molar-refractivity contribution in [2.24, 2.45) is 12.8 Å². The minimum Gasteiger partial charge on any atom is -0.351 e. The van der Waals surface area contributed by atoms with Gasteiger partial charge in [0.2, 0.25) is 0 Å². The van der Waals surface area contributed by atoms with Gasteiger partial charge in [-0.25, -0.2) is 0 Å². The van der Waals surface area contributed by atoms with E-state index in [1.807, 2.05) is 0 Å². The van der Waals surface area contributed by atoms with Gasteiger partial charge in [0.25, 0.3) is 0 Å². The summed E-state index contributed by atoms with van der Waals surface area (Å²) in [7, 11) is 2.08. The van der Waals surface area contributed by atoms with E-state index >= 15 is 0 Å². The Labute approximate surface area is 90.7 Å². The Hall–Kier alpha value is -1.28. The van der Waals surface area contributed by atoms with Crippen LogP contribution in [0.25, 0.3) is 10.9 Å². The van der Waals surface area contributed by atoms with Gasteiger partial charge in [0.05, 0.1) is 0 Å². The molecule has 1 heterocycles. The highest BCUT2D eigenvalue weighted by Gasteiger charge is 1.99. The first-order valence-corrected chi connectivity index (χ1v) is 5.55. The van der Waals surface area contributed by atoms with Gasteiger partial charge in [0.15, 0.2) is 0 Å². The van der Waals surface area contributed by atoms with Crippen molar-refractivity contribution < 1.29 is 0 Å². The summed E-state index contributed by atoms with van der Waals surface area (Å²) in [6, 6.07) is 8.87. The molecule has 15 heavy (non-hydrogen) atoms. The Kier molecular flexibility index (Phi) is 3.07. The van der Waals surface area contributed by atoms with Gasteiger partial charge in [-0.2, -0.15) is 0 Å². The molecule has 2 N–H and O–H groups in total. The van der Waals surface area contributed by atoms with Crippen molar-refractivity contribution in [2.75, 3.05) is 6.54 Å². The summed E-state index contributed by atoms with van der Waals surface area (Å²) in [6.07, 6.45) is 5.55. The minimum atomic E-state index is 0.799. The van der Waals surface area contributed by atoms with Crippen LogP contribution in [-0.2, 0) is 13.5 Å². The maximum atomic E-state index is 5.48. The molecule has 0 unspecified atom stereocenters. The molecule has 0 aliphatic carbocycles. The lowest BCUT2D eigenvalue weighted by Crippen LogP contribution is -1.98. The molecule has 0 bridgehead atoms. The molecule has 0 atom stereocenters. The van der Waals surface area contributed by atoms with Crippen LogP contribution in [0.3, 0.4) is 0 Å². The molecule has 2 aromatic rings. The second kappa shape index (κ2) is 4.49. The molecule has 2 nitrogen and oxygen atoms in total. The molecule has 0 amide bonds. The van der Waals surface area contributed by atoms with Crippen molar-refractivity contribution in [1.82, 2.24) is 4.57 Å². The zero-order chi connectivity index (χ0) is 10.7. The number of nitrogens with two attached hydrogens (primary N) is 1. The highest BCUT2D eigenvalue weighted by atomic mass is 14.9. The lowest BCUT2D eigenvalue weighted by atomic mass is 10.1. The zero-order valence-corrected chi connectivity index (χ0v) is 9.24. The van der Waals surface area contributed by atoms with Crippen molar-refractivity contribution >= 4 is 10.9 Å². The summed E-state index contributed by atoms with van der Waals surface area (Å²) < 4.78 is 2.15. The van der Waals surface area contributed by atoms with E-state index in [1.165, 1.54) is 22.9 Å². The van der Waals surface area contributed by atoms with E-state index in [0.29, 0.717) is 0 Å². The topological polar surface area (TPSA) is 30.9 Å². The predicted molar refractivity (Wildman–Crippen MR) is 64.9 cm³/mol. The standard InChI is InChI=1S/C13H18N2/c1-15-9-7-12-10-11(4-2-3-8-14)5-6-13(12)15/h5-7,9-10H,2-4,8,14H2,1H3. The first-order valence-electron chi connectivity index (χ1n) is 5.55. The lowest BCUT2D eigenvalue weighted by molar-refractivity contribution is 0.745. The van der Waals surface area contributed by atoms with Crippen LogP contribution in [0.1, 0.15) is 18.4 Å². The molecule has 80 valence electrons. The van der Waals surface area contributed by atoms with Gasteiger partial charge >= 0.3 is 0 Å². The van der Waals surface area contributed by atoms with Gasteiger partial charge in [-0.05, 0) is 55.0 Å². The molecule has 0 aliphatic heterocycles. The van der Waals surface area contributed by atoms with Crippen LogP contribution in [0.15, 0.2) is 30.5 Å². The van der Waals surface area contributed by atoms with Gasteiger partial charge in [-0.1, -0.05) is 6.07 Å². The van der Waals surface area contributed by atoms with Crippen molar-refractivity contribution in [3.8, 4) is 0 Å². The smallest absolute Gasteiger partial charge is 0.0477 e. The molecule has 0 aliphatic rings. The maximum absolute atomic E-state index is 5.48. The quantitative estimate of drug-likeness (QED) is 0.759. The summed E-state index contributed by atoms with van der Waals surface area (Å²) >= 11 is 0. The Bertz CT molecular complexity index is 443.